The number of carbonyl (C=O) groups is 3. The number of hydrogen-bond acceptors (Lipinski definition) is 3. The molecule has 0 radical (unpaired) electrons. The van der Waals surface area contributed by atoms with E-state index in [1.807, 2.05) is 13.8 Å². The molecular weight excluding hydrogens is 272 g/mol. The summed E-state index contributed by atoms with van der Waals surface area (Å²) in [5.41, 5.74) is 0. The summed E-state index contributed by atoms with van der Waals surface area (Å²) in [4.78, 5) is 39.1. The fourth-order valence-corrected chi connectivity index (χ4v) is 3.27. The Morgan fingerprint density at radius 2 is 1.76 bits per heavy atom. The first-order valence-corrected chi connectivity index (χ1v) is 7.74. The van der Waals surface area contributed by atoms with Crippen molar-refractivity contribution in [2.24, 2.45) is 11.8 Å². The molecule has 2 amide bonds. The van der Waals surface area contributed by atoms with Crippen LogP contribution in [0.3, 0.4) is 0 Å². The van der Waals surface area contributed by atoms with Gasteiger partial charge >= 0.3 is 5.97 Å². The number of piperidine rings is 1. The SMILES string of the molecule is CC(C)C(=O)N1CCCC(C(=O)N2CCC[C@@H]2C(=O)O)C1. The van der Waals surface area contributed by atoms with Crippen LogP contribution in [-0.4, -0.2) is 58.4 Å². The Balaban J connectivity index is 2.02. The van der Waals surface area contributed by atoms with Gasteiger partial charge in [0.05, 0.1) is 5.92 Å². The first kappa shape index (κ1) is 15.8. The number of hydrogen-bond donors (Lipinski definition) is 1. The molecule has 2 atom stereocenters. The van der Waals surface area contributed by atoms with Crippen molar-refractivity contribution in [3.05, 3.63) is 0 Å². The van der Waals surface area contributed by atoms with Crippen molar-refractivity contribution < 1.29 is 19.5 Å². The standard InChI is InChI=1S/C15H24N2O4/c1-10(2)13(18)16-7-3-5-11(9-16)14(19)17-8-4-6-12(17)15(20)21/h10-12H,3-9H2,1-2H3,(H,20,21)/t11?,12-/m1/s1. The Morgan fingerprint density at radius 1 is 1.10 bits per heavy atom. The lowest BCUT2D eigenvalue weighted by Gasteiger charge is -2.35. The van der Waals surface area contributed by atoms with E-state index < -0.39 is 12.0 Å². The highest BCUT2D eigenvalue weighted by Crippen LogP contribution is 2.25. The van der Waals surface area contributed by atoms with Crippen molar-refractivity contribution in [1.29, 1.82) is 0 Å². The maximum absolute atomic E-state index is 12.6. The van der Waals surface area contributed by atoms with Crippen LogP contribution in [0.25, 0.3) is 0 Å². The lowest BCUT2D eigenvalue weighted by molar-refractivity contribution is -0.151. The topological polar surface area (TPSA) is 77.9 Å². The lowest BCUT2D eigenvalue weighted by atomic mass is 9.95. The van der Waals surface area contributed by atoms with Gasteiger partial charge in [0.2, 0.25) is 11.8 Å². The van der Waals surface area contributed by atoms with E-state index in [-0.39, 0.29) is 23.7 Å². The van der Waals surface area contributed by atoms with E-state index in [1.54, 1.807) is 4.90 Å². The van der Waals surface area contributed by atoms with Crippen LogP contribution in [0.15, 0.2) is 0 Å². The average molecular weight is 296 g/mol. The zero-order valence-corrected chi connectivity index (χ0v) is 12.7. The Hall–Kier alpha value is -1.59. The van der Waals surface area contributed by atoms with Crippen LogP contribution in [0.4, 0.5) is 0 Å². The summed E-state index contributed by atoms with van der Waals surface area (Å²) in [5, 5.41) is 9.19. The van der Waals surface area contributed by atoms with Crippen molar-refractivity contribution in [2.45, 2.75) is 45.6 Å². The Kier molecular flexibility index (Phi) is 4.85. The number of rotatable bonds is 3. The zero-order chi connectivity index (χ0) is 15.6. The molecule has 0 aromatic carbocycles. The molecule has 2 aliphatic rings. The van der Waals surface area contributed by atoms with Crippen molar-refractivity contribution in [3.8, 4) is 0 Å². The molecule has 2 heterocycles. The molecule has 0 aromatic rings. The number of carboxylic acids is 1. The third-order valence-electron chi connectivity index (χ3n) is 4.40. The fourth-order valence-electron chi connectivity index (χ4n) is 3.27. The van der Waals surface area contributed by atoms with Crippen LogP contribution in [-0.2, 0) is 14.4 Å². The van der Waals surface area contributed by atoms with Gasteiger partial charge in [-0.3, -0.25) is 9.59 Å². The van der Waals surface area contributed by atoms with Crippen LogP contribution in [0.1, 0.15) is 39.5 Å². The van der Waals surface area contributed by atoms with E-state index >= 15 is 0 Å². The molecule has 6 nitrogen and oxygen atoms in total. The lowest BCUT2D eigenvalue weighted by Crippen LogP contribution is -2.50. The molecule has 0 bridgehead atoms. The Morgan fingerprint density at radius 3 is 2.38 bits per heavy atom. The molecule has 0 aromatic heterocycles. The molecule has 0 saturated carbocycles. The molecule has 21 heavy (non-hydrogen) atoms. The highest BCUT2D eigenvalue weighted by Gasteiger charge is 2.39. The fraction of sp³-hybridized carbons (Fsp3) is 0.800. The Bertz CT molecular complexity index is 435. The van der Waals surface area contributed by atoms with Gasteiger partial charge in [-0.15, -0.1) is 0 Å². The monoisotopic (exact) mass is 296 g/mol. The molecule has 2 saturated heterocycles. The quantitative estimate of drug-likeness (QED) is 0.841. The molecule has 6 heteroatoms. The number of nitrogens with zero attached hydrogens (tertiary/aromatic N) is 2. The van der Waals surface area contributed by atoms with Gasteiger partial charge in [0.15, 0.2) is 0 Å². The number of carbonyl (C=O) groups excluding carboxylic acids is 2. The largest absolute Gasteiger partial charge is 0.480 e. The average Bonchev–Trinajstić information content (AvgIpc) is 2.95. The summed E-state index contributed by atoms with van der Waals surface area (Å²) in [7, 11) is 0. The zero-order valence-electron chi connectivity index (χ0n) is 12.7. The highest BCUT2D eigenvalue weighted by atomic mass is 16.4. The van der Waals surface area contributed by atoms with Gasteiger partial charge in [0, 0.05) is 25.6 Å². The number of amides is 2. The summed E-state index contributed by atoms with van der Waals surface area (Å²) in [5.74, 6) is -1.27. The summed E-state index contributed by atoms with van der Waals surface area (Å²) < 4.78 is 0. The number of likely N-dealkylation sites (tertiary alicyclic amines) is 2. The van der Waals surface area contributed by atoms with Crippen molar-refractivity contribution in [2.75, 3.05) is 19.6 Å². The predicted molar refractivity (Wildman–Crippen MR) is 76.5 cm³/mol. The summed E-state index contributed by atoms with van der Waals surface area (Å²) in [6.45, 7) is 5.36. The predicted octanol–water partition coefficient (Wildman–Crippen LogP) is 0.957. The molecule has 1 N–H and O–H groups in total. The molecule has 2 aliphatic heterocycles. The van der Waals surface area contributed by atoms with E-state index in [9.17, 15) is 19.5 Å². The smallest absolute Gasteiger partial charge is 0.326 e. The van der Waals surface area contributed by atoms with Crippen molar-refractivity contribution >= 4 is 17.8 Å². The molecule has 0 aliphatic carbocycles. The third kappa shape index (κ3) is 3.36. The van der Waals surface area contributed by atoms with Crippen LogP contribution in [0.2, 0.25) is 0 Å². The minimum Gasteiger partial charge on any atom is -0.480 e. The van der Waals surface area contributed by atoms with Crippen LogP contribution in [0.5, 0.6) is 0 Å². The first-order valence-electron chi connectivity index (χ1n) is 7.74. The number of carboxylic acid groups (broad SMARTS) is 1. The molecular formula is C15H24N2O4. The van der Waals surface area contributed by atoms with Gasteiger partial charge in [0.1, 0.15) is 6.04 Å². The van der Waals surface area contributed by atoms with Gasteiger partial charge in [-0.2, -0.15) is 0 Å². The van der Waals surface area contributed by atoms with Gasteiger partial charge in [0.25, 0.3) is 0 Å². The van der Waals surface area contributed by atoms with Gasteiger partial charge in [-0.25, -0.2) is 4.79 Å². The maximum atomic E-state index is 12.6. The van der Waals surface area contributed by atoms with Crippen LogP contribution < -0.4 is 0 Å². The minimum absolute atomic E-state index is 0.0718. The molecule has 118 valence electrons. The van der Waals surface area contributed by atoms with E-state index in [2.05, 4.69) is 0 Å². The Labute approximate surface area is 125 Å². The highest BCUT2D eigenvalue weighted by molar-refractivity contribution is 5.86. The number of aliphatic carboxylic acids is 1. The van der Waals surface area contributed by atoms with Crippen molar-refractivity contribution in [1.82, 2.24) is 9.80 Å². The van der Waals surface area contributed by atoms with E-state index in [0.717, 1.165) is 19.3 Å². The maximum Gasteiger partial charge on any atom is 0.326 e. The minimum atomic E-state index is -0.924. The van der Waals surface area contributed by atoms with Crippen LogP contribution >= 0.6 is 0 Å². The van der Waals surface area contributed by atoms with E-state index in [4.69, 9.17) is 0 Å². The summed E-state index contributed by atoms with van der Waals surface area (Å²) in [6.07, 6.45) is 2.82. The normalized spacial score (nSPS) is 26.2. The van der Waals surface area contributed by atoms with E-state index in [0.29, 0.717) is 26.1 Å². The van der Waals surface area contributed by atoms with E-state index in [1.165, 1.54) is 4.90 Å². The second-order valence-electron chi connectivity index (χ2n) is 6.31. The second kappa shape index (κ2) is 6.45. The third-order valence-corrected chi connectivity index (χ3v) is 4.40. The van der Waals surface area contributed by atoms with Crippen LogP contribution in [0, 0.1) is 11.8 Å². The van der Waals surface area contributed by atoms with Gasteiger partial charge < -0.3 is 14.9 Å². The molecule has 2 fully saturated rings. The molecule has 0 spiro atoms. The van der Waals surface area contributed by atoms with Gasteiger partial charge in [-0.05, 0) is 25.7 Å². The second-order valence-corrected chi connectivity index (χ2v) is 6.31. The first-order chi connectivity index (χ1) is 9.91. The van der Waals surface area contributed by atoms with Gasteiger partial charge in [-0.1, -0.05) is 13.8 Å². The van der Waals surface area contributed by atoms with Crippen molar-refractivity contribution in [3.63, 3.8) is 0 Å². The molecule has 2 rings (SSSR count). The summed E-state index contributed by atoms with van der Waals surface area (Å²) >= 11 is 0. The summed E-state index contributed by atoms with van der Waals surface area (Å²) in [6, 6.07) is -0.686. The molecule has 1 unspecified atom stereocenters.